The number of aryl methyl sites for hydroxylation is 1. The largest absolute Gasteiger partial charge is 0.490 e. The number of hydrogen-bond donors (Lipinski definition) is 1. The van der Waals surface area contributed by atoms with E-state index in [2.05, 4.69) is 15.1 Å². The topological polar surface area (TPSA) is 94.0 Å². The van der Waals surface area contributed by atoms with Gasteiger partial charge in [-0.3, -0.25) is 0 Å². The summed E-state index contributed by atoms with van der Waals surface area (Å²) in [5.41, 5.74) is 1.97. The number of halogens is 3. The molecule has 0 radical (unpaired) electrons. The van der Waals surface area contributed by atoms with E-state index in [1.807, 2.05) is 42.0 Å². The first kappa shape index (κ1) is 18.2. The van der Waals surface area contributed by atoms with Crippen LogP contribution >= 0.6 is 0 Å². The Bertz CT molecular complexity index is 811. The minimum absolute atomic E-state index is 0.559. The van der Waals surface area contributed by atoms with Gasteiger partial charge in [0.1, 0.15) is 0 Å². The zero-order chi connectivity index (χ0) is 18.4. The second-order valence-electron chi connectivity index (χ2n) is 4.69. The molecule has 2 heterocycles. The summed E-state index contributed by atoms with van der Waals surface area (Å²) in [4.78, 5) is 17.2. The number of alkyl halides is 3. The molecule has 1 N–H and O–H groups in total. The van der Waals surface area contributed by atoms with Gasteiger partial charge in [0.2, 0.25) is 0 Å². The fourth-order valence-electron chi connectivity index (χ4n) is 1.70. The molecule has 0 aliphatic rings. The van der Waals surface area contributed by atoms with E-state index in [4.69, 9.17) is 14.4 Å². The molecule has 0 unspecified atom stereocenters. The summed E-state index contributed by atoms with van der Waals surface area (Å²) in [5.74, 6) is -1.47. The molecule has 132 valence electrons. The fraction of sp³-hybridized carbons (Fsp3) is 0.200. The number of carboxylic acids is 1. The summed E-state index contributed by atoms with van der Waals surface area (Å²) in [6.07, 6.45) is 1.10. The Morgan fingerprint density at radius 3 is 2.36 bits per heavy atom. The maximum Gasteiger partial charge on any atom is 0.490 e. The molecule has 0 bridgehead atoms. The van der Waals surface area contributed by atoms with E-state index >= 15 is 0 Å². The van der Waals surface area contributed by atoms with Crippen LogP contribution in [0.2, 0.25) is 0 Å². The van der Waals surface area contributed by atoms with Crippen molar-refractivity contribution in [3.05, 3.63) is 48.8 Å². The molecule has 10 heteroatoms. The molecule has 7 nitrogen and oxygen atoms in total. The van der Waals surface area contributed by atoms with Gasteiger partial charge in [-0.15, -0.1) is 0 Å². The Morgan fingerprint density at radius 2 is 1.92 bits per heavy atom. The normalized spacial score (nSPS) is 10.9. The molecule has 0 aliphatic carbocycles. The fourth-order valence-corrected chi connectivity index (χ4v) is 1.70. The van der Waals surface area contributed by atoms with E-state index < -0.39 is 12.1 Å². The molecule has 25 heavy (non-hydrogen) atoms. The SMILES string of the molecule is CCc1noc(-c2ccc(-n3ccnc3)cc2)n1.O=C(O)C(F)(F)F. The van der Waals surface area contributed by atoms with E-state index in [-0.39, 0.29) is 0 Å². The molecule has 1 aromatic carbocycles. The molecule has 0 saturated carbocycles. The molecule has 0 atom stereocenters. The van der Waals surface area contributed by atoms with Crippen LogP contribution in [0.25, 0.3) is 17.1 Å². The smallest absolute Gasteiger partial charge is 0.475 e. The Balaban J connectivity index is 0.000000277. The number of nitrogens with zero attached hydrogens (tertiary/aromatic N) is 4. The van der Waals surface area contributed by atoms with Crippen LogP contribution in [-0.2, 0) is 11.2 Å². The molecular formula is C15H13F3N4O3. The van der Waals surface area contributed by atoms with Gasteiger partial charge in [-0.2, -0.15) is 18.2 Å². The van der Waals surface area contributed by atoms with Gasteiger partial charge in [-0.05, 0) is 24.3 Å². The maximum absolute atomic E-state index is 10.6. The van der Waals surface area contributed by atoms with Crippen LogP contribution in [0.3, 0.4) is 0 Å². The second kappa shape index (κ2) is 7.60. The van der Waals surface area contributed by atoms with Crippen LogP contribution in [0.1, 0.15) is 12.7 Å². The minimum Gasteiger partial charge on any atom is -0.475 e. The van der Waals surface area contributed by atoms with Gasteiger partial charge in [0.05, 0.1) is 6.33 Å². The summed E-state index contributed by atoms with van der Waals surface area (Å²) >= 11 is 0. The van der Waals surface area contributed by atoms with Crippen LogP contribution < -0.4 is 0 Å². The molecule has 2 aromatic heterocycles. The molecule has 0 spiro atoms. The third kappa shape index (κ3) is 4.90. The van der Waals surface area contributed by atoms with Crippen LogP contribution in [0, 0.1) is 0 Å². The average Bonchev–Trinajstić information content (AvgIpc) is 3.26. The minimum atomic E-state index is -5.08. The number of aromatic nitrogens is 4. The summed E-state index contributed by atoms with van der Waals surface area (Å²) in [7, 11) is 0. The van der Waals surface area contributed by atoms with Gasteiger partial charge >= 0.3 is 12.1 Å². The number of imidazole rings is 1. The molecule has 3 aromatic rings. The van der Waals surface area contributed by atoms with E-state index in [1.54, 1.807) is 12.5 Å². The average molecular weight is 354 g/mol. The van der Waals surface area contributed by atoms with Crippen molar-refractivity contribution in [1.29, 1.82) is 0 Å². The Kier molecular flexibility index (Phi) is 5.52. The molecule has 0 saturated heterocycles. The van der Waals surface area contributed by atoms with Gasteiger partial charge in [0.15, 0.2) is 5.82 Å². The van der Waals surface area contributed by atoms with Gasteiger partial charge in [0.25, 0.3) is 5.89 Å². The lowest BCUT2D eigenvalue weighted by molar-refractivity contribution is -0.192. The van der Waals surface area contributed by atoms with Crippen molar-refractivity contribution in [2.45, 2.75) is 19.5 Å². The van der Waals surface area contributed by atoms with Crippen molar-refractivity contribution in [2.24, 2.45) is 0 Å². The maximum atomic E-state index is 10.6. The lowest BCUT2D eigenvalue weighted by Crippen LogP contribution is -2.21. The van der Waals surface area contributed by atoms with Crippen molar-refractivity contribution < 1.29 is 27.6 Å². The van der Waals surface area contributed by atoms with E-state index in [0.717, 1.165) is 23.5 Å². The third-order valence-corrected chi connectivity index (χ3v) is 2.94. The quantitative estimate of drug-likeness (QED) is 0.777. The van der Waals surface area contributed by atoms with Gasteiger partial charge < -0.3 is 14.2 Å². The van der Waals surface area contributed by atoms with Crippen molar-refractivity contribution in [2.75, 3.05) is 0 Å². The summed E-state index contributed by atoms with van der Waals surface area (Å²) in [6, 6.07) is 7.91. The van der Waals surface area contributed by atoms with Crippen LogP contribution in [-0.4, -0.2) is 36.9 Å². The van der Waals surface area contributed by atoms with Crippen molar-refractivity contribution in [3.8, 4) is 17.1 Å². The van der Waals surface area contributed by atoms with Crippen LogP contribution in [0.4, 0.5) is 13.2 Å². The summed E-state index contributed by atoms with van der Waals surface area (Å²) in [6.45, 7) is 2.00. The molecular weight excluding hydrogens is 341 g/mol. The lowest BCUT2D eigenvalue weighted by Gasteiger charge is -2.01. The highest BCUT2D eigenvalue weighted by Gasteiger charge is 2.38. The number of hydrogen-bond acceptors (Lipinski definition) is 5. The van der Waals surface area contributed by atoms with E-state index in [1.165, 1.54) is 0 Å². The summed E-state index contributed by atoms with van der Waals surface area (Å²) in [5, 5.41) is 11.0. The second-order valence-corrected chi connectivity index (χ2v) is 4.69. The first-order chi connectivity index (χ1) is 11.8. The highest BCUT2D eigenvalue weighted by Crippen LogP contribution is 2.19. The third-order valence-electron chi connectivity index (χ3n) is 2.94. The predicted octanol–water partition coefficient (Wildman–Crippen LogP) is 3.12. The zero-order valence-electron chi connectivity index (χ0n) is 12.9. The van der Waals surface area contributed by atoms with E-state index in [9.17, 15) is 13.2 Å². The van der Waals surface area contributed by atoms with Gasteiger partial charge in [-0.1, -0.05) is 12.1 Å². The number of benzene rings is 1. The van der Waals surface area contributed by atoms with Crippen LogP contribution in [0.5, 0.6) is 0 Å². The first-order valence-corrected chi connectivity index (χ1v) is 7.02. The lowest BCUT2D eigenvalue weighted by atomic mass is 10.2. The highest BCUT2D eigenvalue weighted by atomic mass is 19.4. The van der Waals surface area contributed by atoms with Crippen molar-refractivity contribution in [1.82, 2.24) is 19.7 Å². The highest BCUT2D eigenvalue weighted by molar-refractivity contribution is 5.73. The molecule has 0 amide bonds. The summed E-state index contributed by atoms with van der Waals surface area (Å²) < 4.78 is 38.9. The van der Waals surface area contributed by atoms with E-state index in [0.29, 0.717) is 5.89 Å². The monoisotopic (exact) mass is 354 g/mol. The van der Waals surface area contributed by atoms with Crippen LogP contribution in [0.15, 0.2) is 47.5 Å². The van der Waals surface area contributed by atoms with Crippen molar-refractivity contribution in [3.63, 3.8) is 0 Å². The van der Waals surface area contributed by atoms with Crippen molar-refractivity contribution >= 4 is 5.97 Å². The van der Waals surface area contributed by atoms with Gasteiger partial charge in [0, 0.05) is 30.1 Å². The first-order valence-electron chi connectivity index (χ1n) is 7.02. The molecule has 0 fully saturated rings. The Labute approximate surface area is 139 Å². The predicted molar refractivity (Wildman–Crippen MR) is 79.9 cm³/mol. The molecule has 3 rings (SSSR count). The number of carbonyl (C=O) groups is 1. The number of carboxylic acid groups (broad SMARTS) is 1. The number of aliphatic carboxylic acids is 1. The molecule has 0 aliphatic heterocycles. The standard InChI is InChI=1S/C13H12N4O.C2HF3O2/c1-2-12-15-13(18-16-12)10-3-5-11(6-4-10)17-8-7-14-9-17;3-2(4,5)1(6)7/h3-9H,2H2,1H3;(H,6,7). The Morgan fingerprint density at radius 1 is 1.28 bits per heavy atom. The van der Waals surface area contributed by atoms with Gasteiger partial charge in [-0.25, -0.2) is 9.78 Å². The number of rotatable bonds is 3. The Hall–Kier alpha value is -3.17. The zero-order valence-corrected chi connectivity index (χ0v) is 12.9.